The smallest absolute Gasteiger partial charge is 0.303 e. The minimum absolute atomic E-state index is 0.0618. The number of carboxylic acid groups (broad SMARTS) is 1. The van der Waals surface area contributed by atoms with Crippen molar-refractivity contribution in [1.82, 2.24) is 4.72 Å². The molecule has 0 bridgehead atoms. The lowest BCUT2D eigenvalue weighted by Gasteiger charge is -2.22. The van der Waals surface area contributed by atoms with Gasteiger partial charge in [0.15, 0.2) is 0 Å². The lowest BCUT2D eigenvalue weighted by Crippen LogP contribution is -2.26. The fourth-order valence-corrected chi connectivity index (χ4v) is 3.93. The van der Waals surface area contributed by atoms with Crippen LogP contribution in [-0.4, -0.2) is 39.1 Å². The minimum atomic E-state index is -3.53. The summed E-state index contributed by atoms with van der Waals surface area (Å²) in [6.45, 7) is 2.30. The molecule has 0 aromatic heterocycles. The SMILES string of the molecule is O=C(O)CCCCNS(=O)(=O)c1ccc(N2CCCCCC2)cc1. The first-order chi connectivity index (χ1) is 11.5. The standard InChI is InChI=1S/C17H26N2O4S/c20-17(21)7-3-4-12-18-24(22,23)16-10-8-15(9-11-16)19-13-5-1-2-6-14-19/h8-11,18H,1-7,12-14H2,(H,20,21). The second kappa shape index (κ2) is 9.03. The molecule has 0 aliphatic carbocycles. The summed E-state index contributed by atoms with van der Waals surface area (Å²) in [6.07, 6.45) is 5.91. The van der Waals surface area contributed by atoms with Gasteiger partial charge in [0, 0.05) is 31.7 Å². The number of aliphatic carboxylic acids is 1. The van der Waals surface area contributed by atoms with E-state index in [0.29, 0.717) is 12.8 Å². The molecule has 1 aliphatic rings. The summed E-state index contributed by atoms with van der Waals surface area (Å²) >= 11 is 0. The van der Waals surface area contributed by atoms with E-state index in [9.17, 15) is 13.2 Å². The Bertz CT molecular complexity index is 620. The largest absolute Gasteiger partial charge is 0.481 e. The first-order valence-electron chi connectivity index (χ1n) is 8.55. The van der Waals surface area contributed by atoms with E-state index >= 15 is 0 Å². The molecular weight excluding hydrogens is 328 g/mol. The number of anilines is 1. The fraction of sp³-hybridized carbons (Fsp3) is 0.588. The van der Waals surface area contributed by atoms with Crippen molar-refractivity contribution in [3.8, 4) is 0 Å². The zero-order chi connectivity index (χ0) is 17.4. The monoisotopic (exact) mass is 354 g/mol. The van der Waals surface area contributed by atoms with Gasteiger partial charge in [-0.1, -0.05) is 12.8 Å². The number of sulfonamides is 1. The Morgan fingerprint density at radius 2 is 1.67 bits per heavy atom. The third kappa shape index (κ3) is 5.79. The molecule has 2 N–H and O–H groups in total. The van der Waals surface area contributed by atoms with Crippen LogP contribution in [0.25, 0.3) is 0 Å². The average molecular weight is 354 g/mol. The summed E-state index contributed by atoms with van der Waals surface area (Å²) < 4.78 is 27.0. The van der Waals surface area contributed by atoms with Gasteiger partial charge in [-0.3, -0.25) is 4.79 Å². The number of hydrogen-bond donors (Lipinski definition) is 2. The first kappa shape index (κ1) is 18.7. The molecule has 1 aromatic rings. The van der Waals surface area contributed by atoms with Gasteiger partial charge in [-0.15, -0.1) is 0 Å². The summed E-state index contributed by atoms with van der Waals surface area (Å²) in [5.41, 5.74) is 1.07. The molecule has 1 heterocycles. The molecule has 0 amide bonds. The third-order valence-corrected chi connectivity index (χ3v) is 5.70. The Morgan fingerprint density at radius 1 is 1.04 bits per heavy atom. The van der Waals surface area contributed by atoms with Crippen molar-refractivity contribution in [2.75, 3.05) is 24.5 Å². The van der Waals surface area contributed by atoms with Gasteiger partial charge in [-0.05, 0) is 49.9 Å². The topological polar surface area (TPSA) is 86.7 Å². The highest BCUT2D eigenvalue weighted by Crippen LogP contribution is 2.21. The molecule has 1 saturated heterocycles. The van der Waals surface area contributed by atoms with E-state index in [2.05, 4.69) is 9.62 Å². The van der Waals surface area contributed by atoms with Crippen LogP contribution in [0, 0.1) is 0 Å². The molecule has 0 radical (unpaired) electrons. The summed E-state index contributed by atoms with van der Waals surface area (Å²) in [5.74, 6) is -0.859. The van der Waals surface area contributed by atoms with Crippen LogP contribution in [0.5, 0.6) is 0 Å². The van der Waals surface area contributed by atoms with E-state index < -0.39 is 16.0 Å². The minimum Gasteiger partial charge on any atom is -0.481 e. The number of hydrogen-bond acceptors (Lipinski definition) is 4. The van der Waals surface area contributed by atoms with Crippen LogP contribution < -0.4 is 9.62 Å². The van der Waals surface area contributed by atoms with Crippen molar-refractivity contribution in [3.05, 3.63) is 24.3 Å². The highest BCUT2D eigenvalue weighted by atomic mass is 32.2. The lowest BCUT2D eigenvalue weighted by atomic mass is 10.2. The number of benzene rings is 1. The number of rotatable bonds is 8. The van der Waals surface area contributed by atoms with Gasteiger partial charge in [0.25, 0.3) is 0 Å². The summed E-state index contributed by atoms with van der Waals surface area (Å²) in [6, 6.07) is 7.01. The molecule has 0 saturated carbocycles. The maximum atomic E-state index is 12.2. The van der Waals surface area contributed by atoms with Crippen LogP contribution in [0.4, 0.5) is 5.69 Å². The van der Waals surface area contributed by atoms with Crippen molar-refractivity contribution in [1.29, 1.82) is 0 Å². The molecule has 1 fully saturated rings. The maximum absolute atomic E-state index is 12.2. The Hall–Kier alpha value is -1.60. The van der Waals surface area contributed by atoms with E-state index in [-0.39, 0.29) is 17.9 Å². The van der Waals surface area contributed by atoms with Crippen LogP contribution in [0.3, 0.4) is 0 Å². The number of nitrogens with zero attached hydrogens (tertiary/aromatic N) is 1. The molecule has 1 aromatic carbocycles. The molecule has 134 valence electrons. The molecule has 24 heavy (non-hydrogen) atoms. The highest BCUT2D eigenvalue weighted by molar-refractivity contribution is 7.89. The van der Waals surface area contributed by atoms with E-state index in [4.69, 9.17) is 5.11 Å². The normalized spacial score (nSPS) is 15.9. The number of carbonyl (C=O) groups is 1. The molecule has 2 rings (SSSR count). The lowest BCUT2D eigenvalue weighted by molar-refractivity contribution is -0.137. The predicted molar refractivity (Wildman–Crippen MR) is 93.8 cm³/mol. The van der Waals surface area contributed by atoms with E-state index in [1.54, 1.807) is 12.1 Å². The maximum Gasteiger partial charge on any atom is 0.303 e. The fourth-order valence-electron chi connectivity index (χ4n) is 2.86. The number of carboxylic acids is 1. The Kier molecular flexibility index (Phi) is 7.05. The van der Waals surface area contributed by atoms with Crippen LogP contribution in [0.15, 0.2) is 29.2 Å². The van der Waals surface area contributed by atoms with Crippen molar-refractivity contribution in [2.45, 2.75) is 49.8 Å². The van der Waals surface area contributed by atoms with Crippen molar-refractivity contribution in [2.24, 2.45) is 0 Å². The van der Waals surface area contributed by atoms with Crippen LogP contribution >= 0.6 is 0 Å². The zero-order valence-electron chi connectivity index (χ0n) is 13.9. The summed E-state index contributed by atoms with van der Waals surface area (Å²) in [5, 5.41) is 8.56. The molecule has 7 heteroatoms. The molecule has 0 unspecified atom stereocenters. The Balaban J connectivity index is 1.89. The van der Waals surface area contributed by atoms with Gasteiger partial charge in [0.1, 0.15) is 0 Å². The van der Waals surface area contributed by atoms with Gasteiger partial charge >= 0.3 is 5.97 Å². The highest BCUT2D eigenvalue weighted by Gasteiger charge is 2.15. The second-order valence-corrected chi connectivity index (χ2v) is 7.91. The van der Waals surface area contributed by atoms with Gasteiger partial charge < -0.3 is 10.0 Å². The van der Waals surface area contributed by atoms with Gasteiger partial charge in [0.2, 0.25) is 10.0 Å². The molecule has 0 atom stereocenters. The zero-order valence-corrected chi connectivity index (χ0v) is 14.7. The van der Waals surface area contributed by atoms with Crippen molar-refractivity contribution < 1.29 is 18.3 Å². The number of unbranched alkanes of at least 4 members (excludes halogenated alkanes) is 1. The predicted octanol–water partition coefficient (Wildman–Crippen LogP) is 2.60. The molecule has 6 nitrogen and oxygen atoms in total. The van der Waals surface area contributed by atoms with Gasteiger partial charge in [0.05, 0.1) is 4.90 Å². The average Bonchev–Trinajstić information content (AvgIpc) is 2.83. The molecule has 0 spiro atoms. The van der Waals surface area contributed by atoms with Gasteiger partial charge in [-0.25, -0.2) is 13.1 Å². The van der Waals surface area contributed by atoms with Crippen molar-refractivity contribution >= 4 is 21.7 Å². The Labute approximate surface area is 143 Å². The summed E-state index contributed by atoms with van der Waals surface area (Å²) in [7, 11) is -3.53. The Morgan fingerprint density at radius 3 is 2.25 bits per heavy atom. The van der Waals surface area contributed by atoms with E-state index in [0.717, 1.165) is 18.8 Å². The van der Waals surface area contributed by atoms with E-state index in [1.807, 2.05) is 12.1 Å². The third-order valence-electron chi connectivity index (χ3n) is 4.23. The molecule has 1 aliphatic heterocycles. The van der Waals surface area contributed by atoms with Crippen LogP contribution in [0.1, 0.15) is 44.9 Å². The first-order valence-corrected chi connectivity index (χ1v) is 10.0. The van der Waals surface area contributed by atoms with E-state index in [1.165, 1.54) is 25.7 Å². The summed E-state index contributed by atoms with van der Waals surface area (Å²) in [4.78, 5) is 13.0. The second-order valence-electron chi connectivity index (χ2n) is 6.14. The number of nitrogens with one attached hydrogen (secondary N) is 1. The quantitative estimate of drug-likeness (QED) is 0.701. The molecular formula is C17H26N2O4S. The van der Waals surface area contributed by atoms with Crippen molar-refractivity contribution in [3.63, 3.8) is 0 Å². The van der Waals surface area contributed by atoms with Crippen LogP contribution in [-0.2, 0) is 14.8 Å². The van der Waals surface area contributed by atoms with Gasteiger partial charge in [-0.2, -0.15) is 0 Å². The van der Waals surface area contributed by atoms with Crippen LogP contribution in [0.2, 0.25) is 0 Å².